The molecular weight excluding hydrogens is 369 g/mol. The molecule has 2 heterocycles. The number of carbonyl (C=O) groups excluding carboxylic acids is 1. The first-order valence-corrected chi connectivity index (χ1v) is 8.91. The van der Waals surface area contributed by atoms with Gasteiger partial charge in [-0.3, -0.25) is 4.98 Å². The Balaban J connectivity index is 1.95. The summed E-state index contributed by atoms with van der Waals surface area (Å²) >= 11 is 6.47. The Kier molecular flexibility index (Phi) is 4.23. The van der Waals surface area contributed by atoms with E-state index in [0.717, 1.165) is 11.1 Å². The lowest BCUT2D eigenvalue weighted by Gasteiger charge is -2.37. The van der Waals surface area contributed by atoms with Crippen molar-refractivity contribution >= 4 is 23.4 Å². The van der Waals surface area contributed by atoms with Gasteiger partial charge in [0.2, 0.25) is 0 Å². The number of halogens is 2. The second kappa shape index (κ2) is 6.46. The van der Waals surface area contributed by atoms with E-state index < -0.39 is 11.5 Å². The van der Waals surface area contributed by atoms with Crippen LogP contribution in [0.5, 0.6) is 0 Å². The third kappa shape index (κ3) is 2.72. The number of amidine groups is 1. The molecule has 1 spiro atoms. The highest BCUT2D eigenvalue weighted by atomic mass is 35.5. The number of hydrogen-bond acceptors (Lipinski definition) is 5. The number of pyridine rings is 1. The average molecular weight is 386 g/mol. The summed E-state index contributed by atoms with van der Waals surface area (Å²) in [4.78, 5) is 21.3. The molecular formula is C20H17ClFN3O2. The second-order valence-electron chi connectivity index (χ2n) is 6.70. The second-order valence-corrected chi connectivity index (χ2v) is 7.06. The van der Waals surface area contributed by atoms with Gasteiger partial charge in [0.1, 0.15) is 27.8 Å². The van der Waals surface area contributed by atoms with Crippen LogP contribution in [-0.2, 0) is 15.1 Å². The van der Waals surface area contributed by atoms with Gasteiger partial charge in [-0.15, -0.1) is 0 Å². The third-order valence-electron chi connectivity index (χ3n) is 5.09. The minimum absolute atomic E-state index is 0.00963. The molecule has 27 heavy (non-hydrogen) atoms. The van der Waals surface area contributed by atoms with Gasteiger partial charge in [-0.2, -0.15) is 0 Å². The largest absolute Gasteiger partial charge is 0.465 e. The first-order chi connectivity index (χ1) is 13.0. The summed E-state index contributed by atoms with van der Waals surface area (Å²) < 4.78 is 18.8. The normalized spacial score (nSPS) is 23.7. The minimum atomic E-state index is -0.957. The number of hydrogen-bond donors (Lipinski definition) is 1. The minimum Gasteiger partial charge on any atom is -0.465 e. The number of aliphatic imine (C=N–C) groups is 1. The van der Waals surface area contributed by atoms with Crippen LogP contribution >= 0.6 is 11.6 Å². The number of nitrogens with one attached hydrogen (secondary N) is 1. The van der Waals surface area contributed by atoms with Gasteiger partial charge in [0.25, 0.3) is 0 Å². The maximum Gasteiger partial charge on any atom is 0.339 e. The zero-order valence-electron chi connectivity index (χ0n) is 14.8. The molecule has 1 N–H and O–H groups in total. The molecule has 2 aliphatic rings. The van der Waals surface area contributed by atoms with Crippen LogP contribution in [-0.4, -0.2) is 23.9 Å². The number of nitrogens with zero attached hydrogens (tertiary/aromatic N) is 2. The molecule has 1 aromatic carbocycles. The third-order valence-corrected chi connectivity index (χ3v) is 5.36. The van der Waals surface area contributed by atoms with Crippen molar-refractivity contribution in [2.75, 3.05) is 7.11 Å². The molecule has 2 aromatic rings. The van der Waals surface area contributed by atoms with Crippen molar-refractivity contribution in [2.45, 2.75) is 24.8 Å². The van der Waals surface area contributed by atoms with Crippen molar-refractivity contribution in [1.29, 1.82) is 0 Å². The summed E-state index contributed by atoms with van der Waals surface area (Å²) in [6.45, 7) is 1.99. The number of ether oxygens (including phenoxy) is 1. The Morgan fingerprint density at radius 3 is 2.89 bits per heavy atom. The molecule has 4 rings (SSSR count). The number of carbonyl (C=O) groups is 1. The highest BCUT2D eigenvalue weighted by Gasteiger charge is 2.51. The smallest absolute Gasteiger partial charge is 0.339 e. The lowest BCUT2D eigenvalue weighted by molar-refractivity contribution is -0.137. The Hall–Kier alpha value is -2.73. The maximum absolute atomic E-state index is 13.8. The topological polar surface area (TPSA) is 63.6 Å². The molecule has 1 aliphatic carbocycles. The zero-order valence-corrected chi connectivity index (χ0v) is 15.5. The molecule has 0 saturated heterocycles. The number of methoxy groups -OCH3 is 1. The summed E-state index contributed by atoms with van der Waals surface area (Å²) in [6.07, 6.45) is 2.17. The maximum atomic E-state index is 13.8. The molecule has 1 aromatic heterocycles. The Labute approximate surface area is 160 Å². The highest BCUT2D eigenvalue weighted by molar-refractivity contribution is 6.33. The van der Waals surface area contributed by atoms with Crippen molar-refractivity contribution in [2.24, 2.45) is 4.99 Å². The average Bonchev–Trinajstić information content (AvgIpc) is 2.93. The lowest BCUT2D eigenvalue weighted by Crippen LogP contribution is -2.51. The SMILES string of the molecule is COC(=O)C1=C(Cl)N=C(c2ccccn2)NC12CC(C)c1cc(F)ccc12. The summed E-state index contributed by atoms with van der Waals surface area (Å²) in [5.41, 5.74) is 1.49. The quantitative estimate of drug-likeness (QED) is 0.633. The van der Waals surface area contributed by atoms with Gasteiger partial charge in [-0.25, -0.2) is 14.2 Å². The van der Waals surface area contributed by atoms with Gasteiger partial charge in [0.15, 0.2) is 5.84 Å². The number of aromatic nitrogens is 1. The molecule has 1 aliphatic heterocycles. The molecule has 0 bridgehead atoms. The van der Waals surface area contributed by atoms with E-state index in [1.54, 1.807) is 24.4 Å². The van der Waals surface area contributed by atoms with Crippen LogP contribution in [0.4, 0.5) is 4.39 Å². The van der Waals surface area contributed by atoms with E-state index in [2.05, 4.69) is 15.3 Å². The standard InChI is InChI=1S/C20H17ClFN3O2/c1-11-10-20(14-7-6-12(22)9-13(11)14)16(19(26)27-2)17(21)24-18(25-20)15-5-3-4-8-23-15/h3-9,11H,10H2,1-2H3,(H,24,25). The molecule has 2 atom stereocenters. The first-order valence-electron chi connectivity index (χ1n) is 8.53. The van der Waals surface area contributed by atoms with Crippen molar-refractivity contribution in [1.82, 2.24) is 10.3 Å². The van der Waals surface area contributed by atoms with Gasteiger partial charge in [-0.05, 0) is 47.7 Å². The Morgan fingerprint density at radius 2 is 2.19 bits per heavy atom. The summed E-state index contributed by atoms with van der Waals surface area (Å²) in [5.74, 6) is -0.421. The zero-order chi connectivity index (χ0) is 19.2. The fraction of sp³-hybridized carbons (Fsp3) is 0.250. The van der Waals surface area contributed by atoms with Gasteiger partial charge in [0, 0.05) is 6.20 Å². The monoisotopic (exact) mass is 385 g/mol. The molecule has 7 heteroatoms. The van der Waals surface area contributed by atoms with Crippen molar-refractivity contribution < 1.29 is 13.9 Å². The van der Waals surface area contributed by atoms with Crippen LogP contribution in [0.25, 0.3) is 0 Å². The van der Waals surface area contributed by atoms with Crippen LogP contribution < -0.4 is 5.32 Å². The molecule has 138 valence electrons. The van der Waals surface area contributed by atoms with Crippen LogP contribution in [0.3, 0.4) is 0 Å². The van der Waals surface area contributed by atoms with Crippen molar-refractivity contribution in [3.63, 3.8) is 0 Å². The van der Waals surface area contributed by atoms with Gasteiger partial charge >= 0.3 is 5.97 Å². The number of fused-ring (bicyclic) bond motifs is 2. The van der Waals surface area contributed by atoms with E-state index in [9.17, 15) is 9.18 Å². The predicted octanol–water partition coefficient (Wildman–Crippen LogP) is 3.60. The fourth-order valence-corrected chi connectivity index (χ4v) is 4.29. The van der Waals surface area contributed by atoms with Crippen LogP contribution in [0.1, 0.15) is 36.1 Å². The van der Waals surface area contributed by atoms with E-state index in [0.29, 0.717) is 18.0 Å². The Bertz CT molecular complexity index is 990. The first kappa shape index (κ1) is 17.7. The number of rotatable bonds is 2. The number of esters is 1. The molecule has 0 fully saturated rings. The van der Waals surface area contributed by atoms with Gasteiger partial charge in [0.05, 0.1) is 7.11 Å². The highest BCUT2D eigenvalue weighted by Crippen LogP contribution is 2.51. The molecule has 2 unspecified atom stereocenters. The predicted molar refractivity (Wildman–Crippen MR) is 99.9 cm³/mol. The molecule has 5 nitrogen and oxygen atoms in total. The van der Waals surface area contributed by atoms with Crippen LogP contribution in [0.2, 0.25) is 0 Å². The summed E-state index contributed by atoms with van der Waals surface area (Å²) in [6, 6.07) is 10.0. The van der Waals surface area contributed by atoms with Crippen LogP contribution in [0.15, 0.2) is 58.3 Å². The molecule has 0 radical (unpaired) electrons. The summed E-state index contributed by atoms with van der Waals surface area (Å²) in [7, 11) is 1.30. The molecule has 0 saturated carbocycles. The lowest BCUT2D eigenvalue weighted by atomic mass is 9.82. The van der Waals surface area contributed by atoms with Gasteiger partial charge < -0.3 is 10.1 Å². The van der Waals surface area contributed by atoms with E-state index in [1.807, 2.05) is 13.0 Å². The Morgan fingerprint density at radius 1 is 1.37 bits per heavy atom. The van der Waals surface area contributed by atoms with E-state index >= 15 is 0 Å². The molecule has 0 amide bonds. The van der Waals surface area contributed by atoms with Crippen molar-refractivity contribution in [3.8, 4) is 0 Å². The van der Waals surface area contributed by atoms with Gasteiger partial charge in [-0.1, -0.05) is 30.7 Å². The van der Waals surface area contributed by atoms with Crippen LogP contribution in [0, 0.1) is 5.82 Å². The fourth-order valence-electron chi connectivity index (χ4n) is 3.97. The summed E-state index contributed by atoms with van der Waals surface area (Å²) in [5, 5.41) is 3.42. The van der Waals surface area contributed by atoms with E-state index in [1.165, 1.54) is 19.2 Å². The van der Waals surface area contributed by atoms with Crippen molar-refractivity contribution in [3.05, 3.63) is 76.0 Å². The van der Waals surface area contributed by atoms with E-state index in [-0.39, 0.29) is 22.5 Å². The number of benzene rings is 1. The van der Waals surface area contributed by atoms with E-state index in [4.69, 9.17) is 16.3 Å².